The maximum atomic E-state index is 9.48. The van der Waals surface area contributed by atoms with Crippen LogP contribution in [0.5, 0.6) is 0 Å². The first kappa shape index (κ1) is 12.8. The molecule has 0 spiro atoms. The van der Waals surface area contributed by atoms with E-state index in [0.717, 1.165) is 19.5 Å². The number of rotatable bonds is 4. The highest BCUT2D eigenvalue weighted by Crippen LogP contribution is 2.23. The number of aliphatic hydroxyl groups excluding tert-OH is 1. The number of pyridine rings is 1. The van der Waals surface area contributed by atoms with Crippen LogP contribution >= 0.6 is 11.6 Å². The van der Waals surface area contributed by atoms with Crippen LogP contribution in [-0.4, -0.2) is 33.7 Å². The minimum Gasteiger partial charge on any atom is -0.393 e. The Morgan fingerprint density at radius 3 is 3.06 bits per heavy atom. The highest BCUT2D eigenvalue weighted by molar-refractivity contribution is 6.29. The zero-order valence-corrected chi connectivity index (χ0v) is 10.9. The third-order valence-corrected chi connectivity index (χ3v) is 3.51. The summed E-state index contributed by atoms with van der Waals surface area (Å²) in [5, 5.41) is 10.0. The van der Waals surface area contributed by atoms with Crippen molar-refractivity contribution in [1.29, 1.82) is 0 Å². The number of likely N-dealkylation sites (tertiary alicyclic amines) is 1. The number of hydrogen-bond donors (Lipinski definition) is 1. The first-order chi connectivity index (χ1) is 8.15. The molecule has 0 amide bonds. The molecule has 1 aromatic rings. The summed E-state index contributed by atoms with van der Waals surface area (Å²) in [5.74, 6) is 0. The molecule has 1 fully saturated rings. The normalized spacial score (nSPS) is 22.9. The van der Waals surface area contributed by atoms with Crippen LogP contribution in [0.1, 0.15) is 31.7 Å². The summed E-state index contributed by atoms with van der Waals surface area (Å²) < 4.78 is 0. The van der Waals surface area contributed by atoms with Gasteiger partial charge in [-0.3, -0.25) is 4.90 Å². The van der Waals surface area contributed by atoms with E-state index < -0.39 is 0 Å². The van der Waals surface area contributed by atoms with Crippen LogP contribution < -0.4 is 0 Å². The Morgan fingerprint density at radius 2 is 2.41 bits per heavy atom. The Labute approximate surface area is 107 Å². The van der Waals surface area contributed by atoms with E-state index in [1.807, 2.05) is 25.3 Å². The summed E-state index contributed by atoms with van der Waals surface area (Å²) in [6.07, 6.45) is 4.88. The number of aromatic nitrogens is 1. The first-order valence-corrected chi connectivity index (χ1v) is 6.55. The van der Waals surface area contributed by atoms with Gasteiger partial charge in [0.05, 0.1) is 6.10 Å². The zero-order chi connectivity index (χ0) is 12.3. The zero-order valence-electron chi connectivity index (χ0n) is 10.1. The second-order valence-electron chi connectivity index (χ2n) is 4.84. The molecule has 0 radical (unpaired) electrons. The third-order valence-electron chi connectivity index (χ3n) is 3.29. The van der Waals surface area contributed by atoms with Crippen LogP contribution in [0.4, 0.5) is 0 Å². The summed E-state index contributed by atoms with van der Waals surface area (Å²) in [5.41, 5.74) is 1.19. The molecule has 1 aromatic heterocycles. The molecule has 2 rings (SSSR count). The molecule has 2 atom stereocenters. The Kier molecular flexibility index (Phi) is 4.37. The average Bonchev–Trinajstić information content (AvgIpc) is 2.68. The van der Waals surface area contributed by atoms with Crippen molar-refractivity contribution in [2.45, 2.75) is 44.9 Å². The van der Waals surface area contributed by atoms with Crippen molar-refractivity contribution < 1.29 is 5.11 Å². The molecule has 17 heavy (non-hydrogen) atoms. The Bertz CT molecular complexity index is 353. The van der Waals surface area contributed by atoms with Gasteiger partial charge in [0.15, 0.2) is 0 Å². The second kappa shape index (κ2) is 5.80. The smallest absolute Gasteiger partial charge is 0.129 e. The van der Waals surface area contributed by atoms with Crippen LogP contribution in [0, 0.1) is 0 Å². The van der Waals surface area contributed by atoms with E-state index in [0.29, 0.717) is 11.2 Å². The maximum absolute atomic E-state index is 9.48. The number of halogens is 1. The number of aliphatic hydroxyl groups is 1. The molecular weight excluding hydrogens is 236 g/mol. The molecule has 1 saturated heterocycles. The fourth-order valence-electron chi connectivity index (χ4n) is 2.50. The first-order valence-electron chi connectivity index (χ1n) is 6.17. The molecule has 4 heteroatoms. The van der Waals surface area contributed by atoms with E-state index in [1.54, 1.807) is 0 Å². The highest BCUT2D eigenvalue weighted by Gasteiger charge is 2.25. The van der Waals surface area contributed by atoms with Crippen molar-refractivity contribution in [3.8, 4) is 0 Å². The van der Waals surface area contributed by atoms with Crippen molar-refractivity contribution in [3.05, 3.63) is 29.0 Å². The van der Waals surface area contributed by atoms with Gasteiger partial charge in [0.2, 0.25) is 0 Å². The summed E-state index contributed by atoms with van der Waals surface area (Å²) in [7, 11) is 0. The fraction of sp³-hybridized carbons (Fsp3) is 0.615. The number of hydrogen-bond acceptors (Lipinski definition) is 3. The summed E-state index contributed by atoms with van der Waals surface area (Å²) in [6.45, 7) is 3.88. The van der Waals surface area contributed by atoms with Gasteiger partial charge < -0.3 is 5.11 Å². The predicted octanol–water partition coefficient (Wildman–Crippen LogP) is 2.47. The van der Waals surface area contributed by atoms with Crippen molar-refractivity contribution in [3.63, 3.8) is 0 Å². The molecule has 3 nitrogen and oxygen atoms in total. The molecule has 0 bridgehead atoms. The van der Waals surface area contributed by atoms with E-state index in [2.05, 4.69) is 9.88 Å². The van der Waals surface area contributed by atoms with Crippen molar-refractivity contribution in [2.75, 3.05) is 6.54 Å². The van der Waals surface area contributed by atoms with Crippen LogP contribution in [0.15, 0.2) is 18.3 Å². The van der Waals surface area contributed by atoms with E-state index in [-0.39, 0.29) is 6.10 Å². The maximum Gasteiger partial charge on any atom is 0.129 e. The molecule has 0 aliphatic carbocycles. The molecule has 0 aromatic carbocycles. The molecule has 2 heterocycles. The van der Waals surface area contributed by atoms with Gasteiger partial charge in [0, 0.05) is 18.8 Å². The van der Waals surface area contributed by atoms with E-state index in [4.69, 9.17) is 11.6 Å². The van der Waals surface area contributed by atoms with Crippen molar-refractivity contribution in [2.24, 2.45) is 0 Å². The van der Waals surface area contributed by atoms with Crippen LogP contribution in [0.2, 0.25) is 5.15 Å². The average molecular weight is 255 g/mol. The molecule has 1 N–H and O–H groups in total. The molecular formula is C13H19ClN2O. The van der Waals surface area contributed by atoms with E-state index in [9.17, 15) is 5.11 Å². The van der Waals surface area contributed by atoms with Gasteiger partial charge in [-0.15, -0.1) is 0 Å². The van der Waals surface area contributed by atoms with Crippen LogP contribution in [0.25, 0.3) is 0 Å². The van der Waals surface area contributed by atoms with Crippen LogP contribution in [0.3, 0.4) is 0 Å². The van der Waals surface area contributed by atoms with Gasteiger partial charge >= 0.3 is 0 Å². The monoisotopic (exact) mass is 254 g/mol. The summed E-state index contributed by atoms with van der Waals surface area (Å²) in [4.78, 5) is 6.52. The fourth-order valence-corrected chi connectivity index (χ4v) is 2.61. The lowest BCUT2D eigenvalue weighted by Crippen LogP contribution is -2.31. The number of nitrogens with zero attached hydrogens (tertiary/aromatic N) is 2. The van der Waals surface area contributed by atoms with Gasteiger partial charge in [-0.1, -0.05) is 17.7 Å². The molecule has 94 valence electrons. The van der Waals surface area contributed by atoms with Gasteiger partial charge in [0.1, 0.15) is 5.15 Å². The van der Waals surface area contributed by atoms with Gasteiger partial charge in [-0.25, -0.2) is 4.98 Å². The predicted molar refractivity (Wildman–Crippen MR) is 69.0 cm³/mol. The minimum absolute atomic E-state index is 0.219. The topological polar surface area (TPSA) is 36.4 Å². The minimum atomic E-state index is -0.219. The van der Waals surface area contributed by atoms with Crippen LogP contribution in [-0.2, 0) is 6.54 Å². The van der Waals surface area contributed by atoms with Crippen molar-refractivity contribution >= 4 is 11.6 Å². The molecule has 1 aliphatic heterocycles. The molecule has 2 unspecified atom stereocenters. The molecule has 0 saturated carbocycles. The Morgan fingerprint density at radius 1 is 1.59 bits per heavy atom. The molecule has 1 aliphatic rings. The summed E-state index contributed by atoms with van der Waals surface area (Å²) in [6, 6.07) is 4.36. The Hall–Kier alpha value is -0.640. The van der Waals surface area contributed by atoms with E-state index in [1.165, 1.54) is 18.4 Å². The quantitative estimate of drug-likeness (QED) is 0.839. The van der Waals surface area contributed by atoms with Crippen molar-refractivity contribution in [1.82, 2.24) is 9.88 Å². The van der Waals surface area contributed by atoms with Gasteiger partial charge in [-0.05, 0) is 44.4 Å². The lowest BCUT2D eigenvalue weighted by molar-refractivity contribution is 0.130. The van der Waals surface area contributed by atoms with Gasteiger partial charge in [-0.2, -0.15) is 0 Å². The van der Waals surface area contributed by atoms with E-state index >= 15 is 0 Å². The lowest BCUT2D eigenvalue weighted by Gasteiger charge is -2.25. The summed E-state index contributed by atoms with van der Waals surface area (Å²) >= 11 is 5.77. The Balaban J connectivity index is 1.95. The largest absolute Gasteiger partial charge is 0.393 e. The standard InChI is InChI=1S/C13H19ClN2O/c1-10(17)7-12-3-2-6-16(12)9-11-4-5-13(14)15-8-11/h4-5,8,10,12,17H,2-3,6-7,9H2,1H3. The highest BCUT2D eigenvalue weighted by atomic mass is 35.5. The van der Waals surface area contributed by atoms with Gasteiger partial charge in [0.25, 0.3) is 0 Å². The SMILES string of the molecule is CC(O)CC1CCCN1Cc1ccc(Cl)nc1. The lowest BCUT2D eigenvalue weighted by atomic mass is 10.1. The second-order valence-corrected chi connectivity index (χ2v) is 5.23. The third kappa shape index (κ3) is 3.66.